The minimum atomic E-state index is 0.0535. The summed E-state index contributed by atoms with van der Waals surface area (Å²) < 4.78 is 4.25. The van der Waals surface area contributed by atoms with Gasteiger partial charge in [0.15, 0.2) is 5.78 Å². The van der Waals surface area contributed by atoms with Crippen molar-refractivity contribution in [2.75, 3.05) is 5.32 Å². The lowest BCUT2D eigenvalue weighted by atomic mass is 10.1. The fourth-order valence-corrected chi connectivity index (χ4v) is 2.80. The Kier molecular flexibility index (Phi) is 3.77. The number of hydrogen-bond donors (Lipinski definition) is 1. The topological polar surface area (TPSA) is 42.0 Å². The van der Waals surface area contributed by atoms with E-state index in [0.717, 1.165) is 22.8 Å². The first-order valence-corrected chi connectivity index (χ1v) is 6.73. The SMILES string of the molecule is CCc1ccccc1Nc1snc(C)c1C(C)=O. The Morgan fingerprint density at radius 1 is 1.39 bits per heavy atom. The molecule has 3 nitrogen and oxygen atoms in total. The lowest BCUT2D eigenvalue weighted by Gasteiger charge is -2.09. The first-order chi connectivity index (χ1) is 8.63. The number of nitrogens with zero attached hydrogens (tertiary/aromatic N) is 1. The number of para-hydroxylation sites is 1. The fraction of sp³-hybridized carbons (Fsp3) is 0.286. The van der Waals surface area contributed by atoms with E-state index in [1.807, 2.05) is 25.1 Å². The fourth-order valence-electron chi connectivity index (χ4n) is 1.94. The molecule has 0 bridgehead atoms. The Morgan fingerprint density at radius 2 is 2.11 bits per heavy atom. The highest BCUT2D eigenvalue weighted by Crippen LogP contribution is 2.29. The molecule has 0 saturated carbocycles. The number of anilines is 2. The Labute approximate surface area is 111 Å². The van der Waals surface area contributed by atoms with E-state index in [1.165, 1.54) is 17.1 Å². The summed E-state index contributed by atoms with van der Waals surface area (Å²) >= 11 is 1.34. The van der Waals surface area contributed by atoms with E-state index < -0.39 is 0 Å². The zero-order valence-electron chi connectivity index (χ0n) is 10.8. The van der Waals surface area contributed by atoms with Gasteiger partial charge in [0.05, 0.1) is 11.3 Å². The van der Waals surface area contributed by atoms with Gasteiger partial charge in [-0.3, -0.25) is 4.79 Å². The molecule has 0 unspecified atom stereocenters. The molecule has 0 amide bonds. The highest BCUT2D eigenvalue weighted by atomic mass is 32.1. The van der Waals surface area contributed by atoms with Gasteiger partial charge in [0.1, 0.15) is 5.00 Å². The normalized spacial score (nSPS) is 10.4. The van der Waals surface area contributed by atoms with Crippen molar-refractivity contribution in [3.8, 4) is 0 Å². The summed E-state index contributed by atoms with van der Waals surface area (Å²) in [6.07, 6.45) is 0.955. The van der Waals surface area contributed by atoms with Gasteiger partial charge >= 0.3 is 0 Å². The highest BCUT2D eigenvalue weighted by Gasteiger charge is 2.15. The molecule has 1 N–H and O–H groups in total. The molecule has 0 atom stereocenters. The lowest BCUT2D eigenvalue weighted by molar-refractivity contribution is 0.101. The maximum absolute atomic E-state index is 11.6. The molecule has 4 heteroatoms. The Balaban J connectivity index is 2.37. The third-order valence-corrected chi connectivity index (χ3v) is 3.72. The quantitative estimate of drug-likeness (QED) is 0.846. The van der Waals surface area contributed by atoms with Crippen molar-refractivity contribution < 1.29 is 4.79 Å². The molecule has 0 aliphatic carbocycles. The second-order valence-corrected chi connectivity index (χ2v) is 4.94. The maximum Gasteiger partial charge on any atom is 0.164 e. The van der Waals surface area contributed by atoms with Crippen molar-refractivity contribution in [2.24, 2.45) is 0 Å². The number of benzene rings is 1. The molecule has 0 aliphatic heterocycles. The first-order valence-electron chi connectivity index (χ1n) is 5.95. The maximum atomic E-state index is 11.6. The average Bonchev–Trinajstić information content (AvgIpc) is 2.71. The average molecular weight is 260 g/mol. The van der Waals surface area contributed by atoms with Crippen LogP contribution in [0, 0.1) is 6.92 Å². The minimum Gasteiger partial charge on any atom is -0.345 e. The van der Waals surface area contributed by atoms with Crippen LogP contribution in [0.25, 0.3) is 0 Å². The molecule has 0 spiro atoms. The molecule has 1 aromatic carbocycles. The molecular formula is C14H16N2OS. The van der Waals surface area contributed by atoms with Gasteiger partial charge < -0.3 is 5.32 Å². The van der Waals surface area contributed by atoms with E-state index in [0.29, 0.717) is 5.56 Å². The van der Waals surface area contributed by atoms with Crippen molar-refractivity contribution in [3.05, 3.63) is 41.1 Å². The van der Waals surface area contributed by atoms with E-state index >= 15 is 0 Å². The number of nitrogens with one attached hydrogen (secondary N) is 1. The van der Waals surface area contributed by atoms with Crippen LogP contribution in [0.2, 0.25) is 0 Å². The summed E-state index contributed by atoms with van der Waals surface area (Å²) in [5.74, 6) is 0.0535. The summed E-state index contributed by atoms with van der Waals surface area (Å²) in [7, 11) is 0. The van der Waals surface area contributed by atoms with Gasteiger partial charge in [-0.15, -0.1) is 0 Å². The van der Waals surface area contributed by atoms with Crippen molar-refractivity contribution in [1.82, 2.24) is 4.37 Å². The number of aromatic nitrogens is 1. The van der Waals surface area contributed by atoms with Crippen LogP contribution >= 0.6 is 11.5 Å². The standard InChI is InChI=1S/C14H16N2OS/c1-4-11-7-5-6-8-12(11)15-14-13(10(3)17)9(2)16-18-14/h5-8,15H,4H2,1-3H3. The summed E-state index contributed by atoms with van der Waals surface area (Å²) in [5.41, 5.74) is 3.78. The van der Waals surface area contributed by atoms with Crippen LogP contribution in [0.5, 0.6) is 0 Å². The largest absolute Gasteiger partial charge is 0.345 e. The third kappa shape index (κ3) is 2.43. The van der Waals surface area contributed by atoms with Crippen LogP contribution < -0.4 is 5.32 Å². The number of hydrogen-bond acceptors (Lipinski definition) is 4. The van der Waals surface area contributed by atoms with E-state index in [9.17, 15) is 4.79 Å². The number of carbonyl (C=O) groups is 1. The zero-order chi connectivity index (χ0) is 13.1. The van der Waals surface area contributed by atoms with E-state index in [4.69, 9.17) is 0 Å². The third-order valence-electron chi connectivity index (χ3n) is 2.86. The molecule has 0 saturated heterocycles. The molecule has 0 aliphatic rings. The number of carbonyl (C=O) groups excluding carboxylic acids is 1. The first kappa shape index (κ1) is 12.8. The Morgan fingerprint density at radius 3 is 2.78 bits per heavy atom. The molecule has 94 valence electrons. The number of aryl methyl sites for hydroxylation is 2. The van der Waals surface area contributed by atoms with Crippen LogP contribution in [0.4, 0.5) is 10.7 Å². The van der Waals surface area contributed by atoms with Gasteiger partial charge in [-0.2, -0.15) is 4.37 Å². The monoisotopic (exact) mass is 260 g/mol. The van der Waals surface area contributed by atoms with Crippen LogP contribution in [0.3, 0.4) is 0 Å². The number of ketones is 1. The van der Waals surface area contributed by atoms with Crippen LogP contribution in [-0.2, 0) is 6.42 Å². The smallest absolute Gasteiger partial charge is 0.164 e. The predicted octanol–water partition coefficient (Wildman–Crippen LogP) is 3.96. The highest BCUT2D eigenvalue weighted by molar-refractivity contribution is 7.10. The number of Topliss-reactive ketones (excluding diaryl/α,β-unsaturated/α-hetero) is 1. The van der Waals surface area contributed by atoms with Gasteiger partial charge in [-0.1, -0.05) is 25.1 Å². The summed E-state index contributed by atoms with van der Waals surface area (Å²) in [6, 6.07) is 8.12. The minimum absolute atomic E-state index is 0.0535. The van der Waals surface area contributed by atoms with Crippen molar-refractivity contribution in [1.29, 1.82) is 0 Å². The van der Waals surface area contributed by atoms with Gasteiger partial charge in [-0.05, 0) is 43.4 Å². The van der Waals surface area contributed by atoms with E-state index in [1.54, 1.807) is 6.92 Å². The van der Waals surface area contributed by atoms with Gasteiger partial charge in [0.25, 0.3) is 0 Å². The number of rotatable bonds is 4. The summed E-state index contributed by atoms with van der Waals surface area (Å²) in [4.78, 5) is 11.6. The second-order valence-electron chi connectivity index (χ2n) is 4.16. The van der Waals surface area contributed by atoms with Crippen molar-refractivity contribution in [3.63, 3.8) is 0 Å². The second kappa shape index (κ2) is 5.31. The summed E-state index contributed by atoms with van der Waals surface area (Å²) in [5, 5.41) is 4.16. The molecular weight excluding hydrogens is 244 g/mol. The van der Waals surface area contributed by atoms with Gasteiger partial charge in [0, 0.05) is 5.69 Å². The molecule has 2 rings (SSSR count). The molecule has 2 aromatic rings. The zero-order valence-corrected chi connectivity index (χ0v) is 11.6. The van der Waals surface area contributed by atoms with E-state index in [2.05, 4.69) is 22.7 Å². The van der Waals surface area contributed by atoms with Crippen molar-refractivity contribution in [2.45, 2.75) is 27.2 Å². The Bertz CT molecular complexity index is 575. The van der Waals surface area contributed by atoms with Gasteiger partial charge in [-0.25, -0.2) is 0 Å². The Hall–Kier alpha value is -1.68. The summed E-state index contributed by atoms with van der Waals surface area (Å²) in [6.45, 7) is 5.56. The molecule has 1 aromatic heterocycles. The van der Waals surface area contributed by atoms with Gasteiger partial charge in [0.2, 0.25) is 0 Å². The van der Waals surface area contributed by atoms with Crippen molar-refractivity contribution >= 4 is 28.0 Å². The van der Waals surface area contributed by atoms with Crippen LogP contribution in [-0.4, -0.2) is 10.2 Å². The van der Waals surface area contributed by atoms with Crippen LogP contribution in [0.15, 0.2) is 24.3 Å². The molecule has 18 heavy (non-hydrogen) atoms. The molecule has 1 heterocycles. The molecule has 0 fully saturated rings. The molecule has 0 radical (unpaired) electrons. The van der Waals surface area contributed by atoms with E-state index in [-0.39, 0.29) is 5.78 Å². The lowest BCUT2D eigenvalue weighted by Crippen LogP contribution is -2.00. The predicted molar refractivity (Wildman–Crippen MR) is 76.0 cm³/mol. The van der Waals surface area contributed by atoms with Crippen LogP contribution in [0.1, 0.15) is 35.5 Å².